The van der Waals surface area contributed by atoms with Gasteiger partial charge in [-0.25, -0.2) is 0 Å². The molecule has 0 unspecified atom stereocenters. The normalized spacial score (nSPS) is 11.8. The molecule has 122 valence electrons. The third-order valence-corrected chi connectivity index (χ3v) is 3.62. The summed E-state index contributed by atoms with van der Waals surface area (Å²) in [4.78, 5) is 25.9. The number of hydrogen-bond acceptors (Lipinski definition) is 4. The quantitative estimate of drug-likeness (QED) is 0.860. The highest BCUT2D eigenvalue weighted by molar-refractivity contribution is 5.93. The maximum atomic E-state index is 12.1. The number of amides is 1. The lowest BCUT2D eigenvalue weighted by atomic mass is 10.1. The first-order valence-corrected chi connectivity index (χ1v) is 7.29. The van der Waals surface area contributed by atoms with E-state index in [1.54, 1.807) is 19.3 Å². The molecular formula is C17H21N3O3. The largest absolute Gasteiger partial charge is 0.387 e. The summed E-state index contributed by atoms with van der Waals surface area (Å²) in [6.45, 7) is 0.0399. The minimum Gasteiger partial charge on any atom is -0.387 e. The molecule has 1 atom stereocenters. The van der Waals surface area contributed by atoms with Crippen molar-refractivity contribution in [2.45, 2.75) is 6.10 Å². The Morgan fingerprint density at radius 2 is 1.91 bits per heavy atom. The molecule has 0 saturated carbocycles. The van der Waals surface area contributed by atoms with Crippen LogP contribution in [0.2, 0.25) is 0 Å². The Morgan fingerprint density at radius 1 is 1.26 bits per heavy atom. The van der Waals surface area contributed by atoms with Gasteiger partial charge in [0.1, 0.15) is 5.56 Å². The Labute approximate surface area is 135 Å². The maximum Gasteiger partial charge on any atom is 0.263 e. The molecule has 2 N–H and O–H groups in total. The zero-order chi connectivity index (χ0) is 17.0. The molecule has 0 spiro atoms. The van der Waals surface area contributed by atoms with Crippen molar-refractivity contribution in [1.82, 2.24) is 9.88 Å². The van der Waals surface area contributed by atoms with Crippen molar-refractivity contribution in [2.75, 3.05) is 25.5 Å². The molecule has 0 radical (unpaired) electrons. The first kappa shape index (κ1) is 16.8. The van der Waals surface area contributed by atoms with Gasteiger partial charge in [0.15, 0.2) is 0 Å². The van der Waals surface area contributed by atoms with Crippen LogP contribution >= 0.6 is 0 Å². The summed E-state index contributed by atoms with van der Waals surface area (Å²) < 4.78 is 1.34. The molecule has 2 aromatic rings. The van der Waals surface area contributed by atoms with Gasteiger partial charge in [0.05, 0.1) is 6.10 Å². The van der Waals surface area contributed by atoms with Gasteiger partial charge in [-0.15, -0.1) is 0 Å². The van der Waals surface area contributed by atoms with Gasteiger partial charge < -0.3 is 19.9 Å². The van der Waals surface area contributed by atoms with Crippen molar-refractivity contribution in [3.63, 3.8) is 0 Å². The van der Waals surface area contributed by atoms with Crippen molar-refractivity contribution < 1.29 is 9.90 Å². The average Bonchev–Trinajstić information content (AvgIpc) is 2.55. The van der Waals surface area contributed by atoms with Gasteiger partial charge in [0.25, 0.3) is 11.5 Å². The highest BCUT2D eigenvalue weighted by Gasteiger charge is 2.14. The van der Waals surface area contributed by atoms with E-state index in [4.69, 9.17) is 0 Å². The van der Waals surface area contributed by atoms with Gasteiger partial charge in [-0.05, 0) is 29.8 Å². The van der Waals surface area contributed by atoms with Crippen LogP contribution in [0.4, 0.5) is 5.69 Å². The lowest BCUT2D eigenvalue weighted by Gasteiger charge is -2.15. The number of nitrogens with one attached hydrogen (secondary N) is 1. The Morgan fingerprint density at radius 3 is 2.52 bits per heavy atom. The highest BCUT2D eigenvalue weighted by Crippen LogP contribution is 2.17. The molecule has 0 aliphatic rings. The first-order valence-electron chi connectivity index (χ1n) is 7.29. The van der Waals surface area contributed by atoms with Crippen molar-refractivity contribution in [2.24, 2.45) is 7.05 Å². The molecule has 23 heavy (non-hydrogen) atoms. The Balaban J connectivity index is 2.01. The molecule has 1 aromatic carbocycles. The van der Waals surface area contributed by atoms with Crippen LogP contribution in [0, 0.1) is 0 Å². The van der Waals surface area contributed by atoms with Gasteiger partial charge >= 0.3 is 0 Å². The Bertz CT molecular complexity index is 735. The number of hydrogen-bond donors (Lipinski definition) is 2. The summed E-state index contributed by atoms with van der Waals surface area (Å²) >= 11 is 0. The predicted octanol–water partition coefficient (Wildman–Crippen LogP) is 0.915. The first-order chi connectivity index (χ1) is 10.9. The second-order valence-corrected chi connectivity index (χ2v) is 5.55. The van der Waals surface area contributed by atoms with E-state index >= 15 is 0 Å². The molecule has 1 heterocycles. The van der Waals surface area contributed by atoms with Gasteiger partial charge in [-0.2, -0.15) is 0 Å². The standard InChI is InChI=1S/C17H21N3O3/c1-19(2)13-8-6-12(7-9-13)15(21)11-18-16(22)14-5-4-10-20(3)17(14)23/h4-10,15,21H,11H2,1-3H3,(H,18,22)/t15-/m1/s1. The minimum absolute atomic E-state index is 0.0399. The molecule has 2 rings (SSSR count). The van der Waals surface area contributed by atoms with Crippen LogP contribution < -0.4 is 15.8 Å². The number of nitrogens with zero attached hydrogens (tertiary/aromatic N) is 2. The number of benzene rings is 1. The zero-order valence-corrected chi connectivity index (χ0v) is 13.5. The Kier molecular flexibility index (Phi) is 5.18. The molecule has 0 fully saturated rings. The highest BCUT2D eigenvalue weighted by atomic mass is 16.3. The van der Waals surface area contributed by atoms with E-state index in [-0.39, 0.29) is 17.7 Å². The number of aromatic nitrogens is 1. The number of anilines is 1. The van der Waals surface area contributed by atoms with Crippen LogP contribution in [-0.2, 0) is 7.05 Å². The van der Waals surface area contributed by atoms with Crippen LogP contribution in [-0.4, -0.2) is 36.2 Å². The summed E-state index contributed by atoms with van der Waals surface area (Å²) in [5.74, 6) is -0.491. The second-order valence-electron chi connectivity index (χ2n) is 5.55. The smallest absolute Gasteiger partial charge is 0.263 e. The van der Waals surface area contributed by atoms with E-state index in [1.807, 2.05) is 43.3 Å². The van der Waals surface area contributed by atoms with Crippen molar-refractivity contribution in [1.29, 1.82) is 0 Å². The van der Waals surface area contributed by atoms with Crippen LogP contribution in [0.1, 0.15) is 22.0 Å². The van der Waals surface area contributed by atoms with Gasteiger partial charge in [-0.3, -0.25) is 9.59 Å². The lowest BCUT2D eigenvalue weighted by Crippen LogP contribution is -2.34. The molecular weight excluding hydrogens is 294 g/mol. The van der Waals surface area contributed by atoms with Crippen LogP contribution in [0.25, 0.3) is 0 Å². The number of carbonyl (C=O) groups is 1. The Hall–Kier alpha value is -2.60. The number of aryl methyl sites for hydroxylation is 1. The predicted molar refractivity (Wildman–Crippen MR) is 89.7 cm³/mol. The van der Waals surface area contributed by atoms with Crippen molar-refractivity contribution >= 4 is 11.6 Å². The van der Waals surface area contributed by atoms with Crippen LogP contribution in [0.5, 0.6) is 0 Å². The minimum atomic E-state index is -0.831. The van der Waals surface area contributed by atoms with E-state index < -0.39 is 12.0 Å². The fourth-order valence-electron chi connectivity index (χ4n) is 2.17. The molecule has 0 saturated heterocycles. The molecule has 1 amide bonds. The van der Waals surface area contributed by atoms with E-state index in [9.17, 15) is 14.7 Å². The summed E-state index contributed by atoms with van der Waals surface area (Å²) in [6.07, 6.45) is 0.753. The summed E-state index contributed by atoms with van der Waals surface area (Å²) in [5, 5.41) is 12.7. The topological polar surface area (TPSA) is 74.6 Å². The number of rotatable bonds is 5. The van der Waals surface area contributed by atoms with E-state index in [0.29, 0.717) is 5.56 Å². The number of carbonyl (C=O) groups excluding carboxylic acids is 1. The zero-order valence-electron chi connectivity index (χ0n) is 13.5. The average molecular weight is 315 g/mol. The monoisotopic (exact) mass is 315 g/mol. The van der Waals surface area contributed by atoms with Crippen molar-refractivity contribution in [3.05, 3.63) is 64.1 Å². The van der Waals surface area contributed by atoms with Gasteiger partial charge in [0.2, 0.25) is 0 Å². The van der Waals surface area contributed by atoms with E-state index in [1.165, 1.54) is 10.6 Å². The van der Waals surface area contributed by atoms with E-state index in [2.05, 4.69) is 5.32 Å². The number of aliphatic hydroxyl groups is 1. The third kappa shape index (κ3) is 3.98. The fraction of sp³-hybridized carbons (Fsp3) is 0.294. The maximum absolute atomic E-state index is 12.1. The van der Waals surface area contributed by atoms with Gasteiger partial charge in [0, 0.05) is 39.6 Å². The van der Waals surface area contributed by atoms with E-state index in [0.717, 1.165) is 5.69 Å². The van der Waals surface area contributed by atoms with Crippen molar-refractivity contribution in [3.8, 4) is 0 Å². The van der Waals surface area contributed by atoms with Gasteiger partial charge in [-0.1, -0.05) is 12.1 Å². The SMILES string of the molecule is CN(C)c1ccc([C@H](O)CNC(=O)c2cccn(C)c2=O)cc1. The van der Waals surface area contributed by atoms with Crippen LogP contribution in [0.3, 0.4) is 0 Å². The van der Waals surface area contributed by atoms with Crippen LogP contribution in [0.15, 0.2) is 47.4 Å². The molecule has 6 nitrogen and oxygen atoms in total. The molecule has 1 aromatic heterocycles. The third-order valence-electron chi connectivity index (χ3n) is 3.62. The summed E-state index contributed by atoms with van der Waals surface area (Å²) in [7, 11) is 5.46. The molecule has 0 aliphatic carbocycles. The molecule has 0 bridgehead atoms. The molecule has 6 heteroatoms. The lowest BCUT2D eigenvalue weighted by molar-refractivity contribution is 0.0914. The molecule has 0 aliphatic heterocycles. The fourth-order valence-corrected chi connectivity index (χ4v) is 2.17. The second kappa shape index (κ2) is 7.11. The number of pyridine rings is 1. The number of aliphatic hydroxyl groups excluding tert-OH is 1. The summed E-state index contributed by atoms with van der Waals surface area (Å²) in [6, 6.07) is 10.5. The summed E-state index contributed by atoms with van der Waals surface area (Å²) in [5.41, 5.74) is 1.43.